The van der Waals surface area contributed by atoms with Crippen LogP contribution in [0.1, 0.15) is 136 Å². The maximum Gasteiger partial charge on any atom is 0.220 e. The first-order chi connectivity index (χ1) is 24.6. The molecule has 14 heteroatoms. The quantitative estimate of drug-likeness (QED) is 0.0524. The van der Waals surface area contributed by atoms with Crippen LogP contribution in [0.25, 0.3) is 0 Å². The molecule has 51 heavy (non-hydrogen) atoms. The van der Waals surface area contributed by atoms with Crippen molar-refractivity contribution in [2.24, 2.45) is 0 Å². The summed E-state index contributed by atoms with van der Waals surface area (Å²) in [6, 6.07) is -0.815. The molecule has 302 valence electrons. The van der Waals surface area contributed by atoms with E-state index in [1.54, 1.807) is 0 Å². The lowest BCUT2D eigenvalue weighted by Gasteiger charge is -2.46. The number of nitrogens with one attached hydrogen (secondary N) is 1. The van der Waals surface area contributed by atoms with Gasteiger partial charge in [0.05, 0.1) is 32.0 Å². The summed E-state index contributed by atoms with van der Waals surface area (Å²) in [6.45, 7) is 2.72. The summed E-state index contributed by atoms with van der Waals surface area (Å²) in [4.78, 5) is 12.9. The summed E-state index contributed by atoms with van der Waals surface area (Å²) in [6.07, 6.45) is 3.11. The van der Waals surface area contributed by atoms with Gasteiger partial charge in [0.15, 0.2) is 12.6 Å². The lowest BCUT2D eigenvalue weighted by Crippen LogP contribution is -2.65. The van der Waals surface area contributed by atoms with E-state index in [1.807, 2.05) is 0 Å². The van der Waals surface area contributed by atoms with E-state index in [9.17, 15) is 45.6 Å². The van der Waals surface area contributed by atoms with Gasteiger partial charge in [0.1, 0.15) is 48.8 Å². The Hall–Kier alpha value is -1.01. The van der Waals surface area contributed by atoms with Crippen LogP contribution in [-0.2, 0) is 23.7 Å². The SMILES string of the molecule is CCCCCCCCCCCCCC(=O)NC(COC1OC(CO)C(OC2OC(CO)C(O)C(O)C2O)C(O)C1O)C(O)CCCCCCCC. The maximum absolute atomic E-state index is 12.9. The number of carbonyl (C=O) groups excluding carboxylic acids is 1. The first kappa shape index (κ1) is 46.1. The average molecular weight is 738 g/mol. The van der Waals surface area contributed by atoms with E-state index >= 15 is 0 Å². The van der Waals surface area contributed by atoms with Gasteiger partial charge < -0.3 is 65.1 Å². The van der Waals surface area contributed by atoms with Gasteiger partial charge in [-0.15, -0.1) is 0 Å². The van der Waals surface area contributed by atoms with Crippen molar-refractivity contribution in [1.82, 2.24) is 5.32 Å². The van der Waals surface area contributed by atoms with Crippen LogP contribution in [0.3, 0.4) is 0 Å². The molecule has 14 nitrogen and oxygen atoms in total. The lowest BCUT2D eigenvalue weighted by molar-refractivity contribution is -0.359. The zero-order valence-electron chi connectivity index (χ0n) is 31.1. The maximum atomic E-state index is 12.9. The van der Waals surface area contributed by atoms with E-state index in [0.717, 1.165) is 64.2 Å². The van der Waals surface area contributed by atoms with E-state index in [-0.39, 0.29) is 12.5 Å². The molecular weight excluding hydrogens is 666 g/mol. The molecule has 0 aromatic rings. The fourth-order valence-electron chi connectivity index (χ4n) is 6.70. The van der Waals surface area contributed by atoms with Gasteiger partial charge in [0, 0.05) is 6.42 Å². The van der Waals surface area contributed by atoms with Gasteiger partial charge in [-0.3, -0.25) is 4.79 Å². The summed E-state index contributed by atoms with van der Waals surface area (Å²) in [5.41, 5.74) is 0. The minimum Gasteiger partial charge on any atom is -0.394 e. The van der Waals surface area contributed by atoms with Crippen LogP contribution in [-0.4, -0.2) is 140 Å². The average Bonchev–Trinajstić information content (AvgIpc) is 3.12. The number of rotatable bonds is 28. The molecule has 0 aromatic carbocycles. The van der Waals surface area contributed by atoms with Crippen LogP contribution in [0, 0.1) is 0 Å². The number of amides is 1. The number of unbranched alkanes of at least 4 members (excludes halogenated alkanes) is 15. The molecule has 0 aliphatic carbocycles. The predicted octanol–water partition coefficient (Wildman–Crippen LogP) is 1.92. The van der Waals surface area contributed by atoms with Crippen molar-refractivity contribution < 1.29 is 64.6 Å². The topological polar surface area (TPSA) is 228 Å². The number of carbonyl (C=O) groups is 1. The van der Waals surface area contributed by atoms with Gasteiger partial charge in [-0.1, -0.05) is 117 Å². The van der Waals surface area contributed by atoms with E-state index < -0.39 is 86.8 Å². The molecule has 2 rings (SSSR count). The number of aliphatic hydroxyl groups excluding tert-OH is 8. The first-order valence-electron chi connectivity index (χ1n) is 19.8. The van der Waals surface area contributed by atoms with Crippen LogP contribution in [0.15, 0.2) is 0 Å². The zero-order chi connectivity index (χ0) is 37.6. The Balaban J connectivity index is 1.92. The molecule has 0 aromatic heterocycles. The Morgan fingerprint density at radius 1 is 0.627 bits per heavy atom. The third kappa shape index (κ3) is 16.5. The highest BCUT2D eigenvalue weighted by molar-refractivity contribution is 5.76. The highest BCUT2D eigenvalue weighted by Crippen LogP contribution is 2.30. The largest absolute Gasteiger partial charge is 0.394 e. The molecule has 9 N–H and O–H groups in total. The highest BCUT2D eigenvalue weighted by Gasteiger charge is 2.50. The van der Waals surface area contributed by atoms with Crippen LogP contribution in [0.5, 0.6) is 0 Å². The summed E-state index contributed by atoms with van der Waals surface area (Å²) >= 11 is 0. The van der Waals surface area contributed by atoms with Crippen molar-refractivity contribution in [1.29, 1.82) is 0 Å². The molecule has 0 bridgehead atoms. The van der Waals surface area contributed by atoms with Crippen LogP contribution in [0.4, 0.5) is 0 Å². The molecule has 2 heterocycles. The molecule has 0 spiro atoms. The molecule has 1 amide bonds. The second-order valence-corrected chi connectivity index (χ2v) is 14.4. The summed E-state index contributed by atoms with van der Waals surface area (Å²) in [5, 5.41) is 85.9. The van der Waals surface area contributed by atoms with E-state index in [0.29, 0.717) is 12.8 Å². The van der Waals surface area contributed by atoms with Crippen molar-refractivity contribution in [3.05, 3.63) is 0 Å². The Bertz CT molecular complexity index is 883. The monoisotopic (exact) mass is 737 g/mol. The number of aliphatic hydroxyl groups is 8. The van der Waals surface area contributed by atoms with Crippen LogP contribution < -0.4 is 5.32 Å². The Morgan fingerprint density at radius 3 is 1.67 bits per heavy atom. The minimum atomic E-state index is -1.77. The number of hydrogen-bond acceptors (Lipinski definition) is 13. The predicted molar refractivity (Wildman–Crippen MR) is 189 cm³/mol. The van der Waals surface area contributed by atoms with E-state index in [4.69, 9.17) is 18.9 Å². The van der Waals surface area contributed by atoms with Gasteiger partial charge in [-0.25, -0.2) is 0 Å². The summed E-state index contributed by atoms with van der Waals surface area (Å²) in [7, 11) is 0. The lowest BCUT2D eigenvalue weighted by atomic mass is 9.97. The van der Waals surface area contributed by atoms with Gasteiger partial charge >= 0.3 is 0 Å². The van der Waals surface area contributed by atoms with Crippen LogP contribution >= 0.6 is 0 Å². The number of hydrogen-bond donors (Lipinski definition) is 9. The molecule has 2 fully saturated rings. The standard InChI is InChI=1S/C37H71NO13/c1-3-5-7-9-11-12-13-14-15-17-19-21-29(42)38-25(26(41)20-18-16-10-8-6-4-2)24-48-36-34(47)32(45)35(28(23-40)50-36)51-37-33(46)31(44)30(43)27(22-39)49-37/h25-28,30-37,39-41,43-47H,3-24H2,1-2H3,(H,38,42). The van der Waals surface area contributed by atoms with Gasteiger partial charge in [0.25, 0.3) is 0 Å². The zero-order valence-corrected chi connectivity index (χ0v) is 31.1. The number of ether oxygens (including phenoxy) is 4. The molecule has 0 saturated carbocycles. The highest BCUT2D eigenvalue weighted by atomic mass is 16.7. The molecule has 2 aliphatic heterocycles. The fourth-order valence-corrected chi connectivity index (χ4v) is 6.70. The van der Waals surface area contributed by atoms with Crippen molar-refractivity contribution in [3.8, 4) is 0 Å². The smallest absolute Gasteiger partial charge is 0.220 e. The molecule has 2 saturated heterocycles. The minimum absolute atomic E-state index is 0.215. The summed E-state index contributed by atoms with van der Waals surface area (Å²) < 4.78 is 22.5. The molecule has 2 aliphatic rings. The Labute approximate surface area is 304 Å². The van der Waals surface area contributed by atoms with Crippen molar-refractivity contribution in [3.63, 3.8) is 0 Å². The Kier molecular flexibility index (Phi) is 24.2. The van der Waals surface area contributed by atoms with Gasteiger partial charge in [0.2, 0.25) is 5.91 Å². The first-order valence-corrected chi connectivity index (χ1v) is 19.8. The molecular formula is C37H71NO13. The van der Waals surface area contributed by atoms with Crippen molar-refractivity contribution >= 4 is 5.91 Å². The normalized spacial score (nSPS) is 31.0. The summed E-state index contributed by atoms with van der Waals surface area (Å²) in [5.74, 6) is -0.215. The third-order valence-electron chi connectivity index (χ3n) is 10.1. The van der Waals surface area contributed by atoms with Gasteiger partial charge in [-0.2, -0.15) is 0 Å². The molecule has 12 atom stereocenters. The molecule has 12 unspecified atom stereocenters. The second-order valence-electron chi connectivity index (χ2n) is 14.4. The second kappa shape index (κ2) is 26.7. The fraction of sp³-hybridized carbons (Fsp3) is 0.973. The van der Waals surface area contributed by atoms with E-state index in [1.165, 1.54) is 44.9 Å². The third-order valence-corrected chi connectivity index (χ3v) is 10.1. The Morgan fingerprint density at radius 2 is 1.12 bits per heavy atom. The molecule has 0 radical (unpaired) electrons. The van der Waals surface area contributed by atoms with Crippen LogP contribution in [0.2, 0.25) is 0 Å². The van der Waals surface area contributed by atoms with Gasteiger partial charge in [-0.05, 0) is 12.8 Å². The van der Waals surface area contributed by atoms with Crippen molar-refractivity contribution in [2.45, 2.75) is 209 Å². The van der Waals surface area contributed by atoms with Crippen molar-refractivity contribution in [2.75, 3.05) is 19.8 Å². The van der Waals surface area contributed by atoms with E-state index in [2.05, 4.69) is 19.2 Å².